The van der Waals surface area contributed by atoms with Gasteiger partial charge in [0.05, 0.1) is 11.4 Å². The van der Waals surface area contributed by atoms with E-state index in [1.54, 1.807) is 6.92 Å². The molecule has 1 aliphatic heterocycles. The fraction of sp³-hybridized carbons (Fsp3) is 0.261. The highest BCUT2D eigenvalue weighted by molar-refractivity contribution is 9.10. The lowest BCUT2D eigenvalue weighted by molar-refractivity contribution is -0.141. The molecule has 4 heterocycles. The second-order valence-corrected chi connectivity index (χ2v) is 10.3. The number of rotatable bonds is 3. The summed E-state index contributed by atoms with van der Waals surface area (Å²) < 4.78 is 42.6. The van der Waals surface area contributed by atoms with Crippen molar-refractivity contribution in [2.24, 2.45) is 0 Å². The number of aromatic nitrogens is 3. The van der Waals surface area contributed by atoms with Gasteiger partial charge in [-0.2, -0.15) is 18.3 Å². The fourth-order valence-electron chi connectivity index (χ4n) is 3.97. The summed E-state index contributed by atoms with van der Waals surface area (Å²) in [6.07, 6.45) is -3.30. The van der Waals surface area contributed by atoms with Crippen LogP contribution in [0.5, 0.6) is 0 Å². The number of fused-ring (bicyclic) bond motifs is 3. The van der Waals surface area contributed by atoms with Gasteiger partial charge in [-0.25, -0.2) is 4.98 Å². The summed E-state index contributed by atoms with van der Waals surface area (Å²) in [5.41, 5.74) is 2.27. The number of halogens is 4. The number of thiophene rings is 1. The fourth-order valence-corrected chi connectivity index (χ4v) is 5.35. The van der Waals surface area contributed by atoms with Crippen LogP contribution < -0.4 is 10.6 Å². The van der Waals surface area contributed by atoms with Crippen molar-refractivity contribution in [2.75, 3.05) is 5.32 Å². The van der Waals surface area contributed by atoms with Crippen LogP contribution in [0.3, 0.4) is 0 Å². The number of aryl methyl sites for hydroxylation is 1. The Hall–Kier alpha value is -2.92. The Morgan fingerprint density at radius 2 is 1.88 bits per heavy atom. The summed E-state index contributed by atoms with van der Waals surface area (Å²) >= 11 is 4.39. The molecule has 0 aliphatic carbocycles. The Bertz CT molecular complexity index is 1430. The van der Waals surface area contributed by atoms with E-state index < -0.39 is 18.0 Å². The highest BCUT2D eigenvalue weighted by Crippen LogP contribution is 2.43. The first-order valence-corrected chi connectivity index (χ1v) is 12.1. The van der Waals surface area contributed by atoms with Gasteiger partial charge in [0.15, 0.2) is 0 Å². The number of carbonyl (C=O) groups excluding carboxylic acids is 1. The van der Waals surface area contributed by atoms with Crippen molar-refractivity contribution in [2.45, 2.75) is 39.2 Å². The lowest BCUT2D eigenvalue weighted by atomic mass is 10.0. The first kappa shape index (κ1) is 22.9. The first-order chi connectivity index (χ1) is 16.0. The molecule has 1 unspecified atom stereocenters. The van der Waals surface area contributed by atoms with Crippen LogP contribution in [0.1, 0.15) is 52.5 Å². The molecule has 6 nitrogen and oxygen atoms in total. The Morgan fingerprint density at radius 1 is 1.18 bits per heavy atom. The van der Waals surface area contributed by atoms with Crippen molar-refractivity contribution < 1.29 is 18.0 Å². The van der Waals surface area contributed by atoms with E-state index in [0.717, 1.165) is 33.0 Å². The van der Waals surface area contributed by atoms with Crippen LogP contribution in [-0.4, -0.2) is 20.7 Å². The van der Waals surface area contributed by atoms with Crippen LogP contribution in [0.15, 0.2) is 41.0 Å². The largest absolute Gasteiger partial charge is 0.433 e. The maximum absolute atomic E-state index is 13.3. The minimum absolute atomic E-state index is 0.0898. The maximum Gasteiger partial charge on any atom is 0.433 e. The molecule has 1 atom stereocenters. The molecule has 1 aromatic carbocycles. The zero-order chi connectivity index (χ0) is 24.4. The predicted octanol–water partition coefficient (Wildman–Crippen LogP) is 6.68. The van der Waals surface area contributed by atoms with Gasteiger partial charge in [-0.1, -0.05) is 28.1 Å². The van der Waals surface area contributed by atoms with Crippen molar-refractivity contribution in [3.63, 3.8) is 0 Å². The number of hydrogen-bond donors (Lipinski definition) is 2. The molecule has 11 heteroatoms. The van der Waals surface area contributed by atoms with E-state index in [4.69, 9.17) is 5.10 Å². The van der Waals surface area contributed by atoms with Gasteiger partial charge in [-0.3, -0.25) is 9.48 Å². The monoisotopic (exact) mass is 549 g/mol. The average molecular weight is 550 g/mol. The molecule has 1 amide bonds. The Kier molecular flexibility index (Phi) is 5.44. The number of hydrogen-bond acceptors (Lipinski definition) is 5. The number of benzene rings is 1. The van der Waals surface area contributed by atoms with Crippen LogP contribution >= 0.6 is 27.3 Å². The number of amides is 1. The van der Waals surface area contributed by atoms with Crippen LogP contribution in [0.2, 0.25) is 0 Å². The van der Waals surface area contributed by atoms with Gasteiger partial charge in [-0.15, -0.1) is 11.3 Å². The number of nitrogens with one attached hydrogen (secondary N) is 2. The van der Waals surface area contributed by atoms with Crippen molar-refractivity contribution in [3.05, 3.63) is 62.7 Å². The van der Waals surface area contributed by atoms with E-state index in [0.29, 0.717) is 27.2 Å². The molecular weight excluding hydrogens is 531 g/mol. The molecule has 4 aromatic rings. The highest BCUT2D eigenvalue weighted by atomic mass is 79.9. The zero-order valence-electron chi connectivity index (χ0n) is 18.3. The van der Waals surface area contributed by atoms with Gasteiger partial charge in [-0.05, 0) is 44.5 Å². The molecule has 0 bridgehead atoms. The number of anilines is 1. The normalized spacial score (nSPS) is 16.0. The molecule has 5 rings (SSSR count). The Morgan fingerprint density at radius 3 is 2.53 bits per heavy atom. The second-order valence-electron chi connectivity index (χ2n) is 8.37. The van der Waals surface area contributed by atoms with Crippen LogP contribution in [0.25, 0.3) is 21.5 Å². The zero-order valence-corrected chi connectivity index (χ0v) is 20.7. The Labute approximate surface area is 205 Å². The molecule has 0 radical (unpaired) electrons. The third-order valence-electron chi connectivity index (χ3n) is 5.64. The number of carbonyl (C=O) groups is 1. The molecule has 0 saturated carbocycles. The highest BCUT2D eigenvalue weighted by Gasteiger charge is 2.36. The second kappa shape index (κ2) is 8.09. The quantitative estimate of drug-likeness (QED) is 0.299. The molecule has 34 heavy (non-hydrogen) atoms. The molecule has 0 saturated heterocycles. The van der Waals surface area contributed by atoms with Gasteiger partial charge in [0.2, 0.25) is 0 Å². The minimum Gasteiger partial charge on any atom is -0.360 e. The summed E-state index contributed by atoms with van der Waals surface area (Å²) in [7, 11) is 0. The SMILES string of the molecule is Cc1cc(C(F)(F)F)nc2sc3c(c12)NC(c1cn(C(C)C)nc1-c1ccc(Br)cc1)NC3=O. The van der Waals surface area contributed by atoms with Crippen molar-refractivity contribution in [3.8, 4) is 11.3 Å². The van der Waals surface area contributed by atoms with E-state index in [1.165, 1.54) is 0 Å². The van der Waals surface area contributed by atoms with Crippen molar-refractivity contribution in [1.29, 1.82) is 0 Å². The summed E-state index contributed by atoms with van der Waals surface area (Å²) in [5, 5.41) is 11.5. The molecular formula is C23H19BrF3N5OS. The molecule has 2 N–H and O–H groups in total. The van der Waals surface area contributed by atoms with E-state index in [1.807, 2.05) is 49.0 Å². The van der Waals surface area contributed by atoms with Crippen molar-refractivity contribution >= 4 is 49.1 Å². The molecule has 1 aliphatic rings. The predicted molar refractivity (Wildman–Crippen MR) is 129 cm³/mol. The summed E-state index contributed by atoms with van der Waals surface area (Å²) in [5.74, 6) is -0.367. The van der Waals surface area contributed by atoms with E-state index in [9.17, 15) is 18.0 Å². The van der Waals surface area contributed by atoms with Gasteiger partial charge < -0.3 is 10.6 Å². The molecule has 3 aromatic heterocycles. The van der Waals surface area contributed by atoms with E-state index in [-0.39, 0.29) is 16.8 Å². The van der Waals surface area contributed by atoms with E-state index >= 15 is 0 Å². The van der Waals surface area contributed by atoms with Crippen LogP contribution in [-0.2, 0) is 6.18 Å². The Balaban J connectivity index is 1.62. The lowest BCUT2D eigenvalue weighted by Crippen LogP contribution is -2.37. The van der Waals surface area contributed by atoms with Gasteiger partial charge in [0.25, 0.3) is 5.91 Å². The third-order valence-corrected chi connectivity index (χ3v) is 7.25. The summed E-state index contributed by atoms with van der Waals surface area (Å²) in [6.45, 7) is 5.61. The third kappa shape index (κ3) is 3.86. The maximum atomic E-state index is 13.3. The standard InChI is InChI=1S/C23H19BrF3N5OS/c1-10(2)32-9-14(17(31-32)12-4-6-13(24)7-5-12)20-29-18-16-11(3)8-15(23(25,26)27)28-22(16)34-19(18)21(33)30-20/h4-10,20,29H,1-3H3,(H,30,33). The van der Waals surface area contributed by atoms with Gasteiger partial charge >= 0.3 is 6.18 Å². The van der Waals surface area contributed by atoms with Crippen LogP contribution in [0.4, 0.5) is 18.9 Å². The van der Waals surface area contributed by atoms with E-state index in [2.05, 4.69) is 31.5 Å². The summed E-state index contributed by atoms with van der Waals surface area (Å²) in [4.78, 5) is 17.3. The van der Waals surface area contributed by atoms with Gasteiger partial charge in [0.1, 0.15) is 21.6 Å². The summed E-state index contributed by atoms with van der Waals surface area (Å²) in [6, 6.07) is 8.80. The average Bonchev–Trinajstić information content (AvgIpc) is 3.36. The molecule has 176 valence electrons. The number of nitrogens with zero attached hydrogens (tertiary/aromatic N) is 3. The lowest BCUT2D eigenvalue weighted by Gasteiger charge is -2.26. The smallest absolute Gasteiger partial charge is 0.360 e. The molecule has 0 fully saturated rings. The molecule has 0 spiro atoms. The first-order valence-electron chi connectivity index (χ1n) is 10.5. The van der Waals surface area contributed by atoms with Crippen molar-refractivity contribution in [1.82, 2.24) is 20.1 Å². The van der Waals surface area contributed by atoms with Crippen LogP contribution in [0, 0.1) is 6.92 Å². The van der Waals surface area contributed by atoms with Gasteiger partial charge in [0, 0.05) is 33.2 Å². The topological polar surface area (TPSA) is 71.8 Å². The minimum atomic E-state index is -4.56. The number of alkyl halides is 3. The number of pyridine rings is 1.